The number of carboxylic acids is 1. The molecule has 0 radical (unpaired) electrons. The van der Waals surface area contributed by atoms with Gasteiger partial charge >= 0.3 is 5.97 Å². The first-order valence-corrected chi connectivity index (χ1v) is 11.8. The number of aromatic nitrogens is 1. The number of carbonyl (C=O) groups is 4. The Labute approximate surface area is 208 Å². The summed E-state index contributed by atoms with van der Waals surface area (Å²) in [5.41, 5.74) is 7.17. The molecule has 5 unspecified atom stereocenters. The standard InChI is InChI=1S/C23H33N5O6S/c1-11(2)19(28-20(30)17(10-35)27-21(31)18(24)12(3)29)22(32)26-16(23(33)34)8-13-9-25-15-7-5-4-6-14(13)15/h4-7,9,11-12,16-19,25,29,35H,8,10,24H2,1-3H3,(H,26,32)(H,27,31)(H,28,30)(H,33,34). The molecule has 0 spiro atoms. The lowest BCUT2D eigenvalue weighted by molar-refractivity contribution is -0.142. The summed E-state index contributed by atoms with van der Waals surface area (Å²) in [6, 6.07) is 2.75. The van der Waals surface area contributed by atoms with E-state index >= 15 is 0 Å². The van der Waals surface area contributed by atoms with Gasteiger partial charge in [-0.05, 0) is 24.5 Å². The molecule has 8 N–H and O–H groups in total. The Morgan fingerprint density at radius 2 is 1.63 bits per heavy atom. The van der Waals surface area contributed by atoms with Crippen molar-refractivity contribution < 1.29 is 29.4 Å². The number of aliphatic carboxylic acids is 1. The number of rotatable bonds is 12. The summed E-state index contributed by atoms with van der Waals surface area (Å²) in [6.07, 6.45) is 0.612. The van der Waals surface area contributed by atoms with Crippen molar-refractivity contribution in [1.29, 1.82) is 0 Å². The number of aromatic amines is 1. The molecule has 0 fully saturated rings. The number of nitrogens with one attached hydrogen (secondary N) is 4. The number of hydrogen-bond donors (Lipinski definition) is 8. The topological polar surface area (TPSA) is 187 Å². The Hall–Kier alpha value is -3.09. The van der Waals surface area contributed by atoms with Crippen LogP contribution in [0, 0.1) is 5.92 Å². The largest absolute Gasteiger partial charge is 0.480 e. The van der Waals surface area contributed by atoms with Gasteiger partial charge in [0.25, 0.3) is 0 Å². The third kappa shape index (κ3) is 7.44. The lowest BCUT2D eigenvalue weighted by Gasteiger charge is -2.26. The maximum absolute atomic E-state index is 13.0. The molecule has 1 aromatic carbocycles. The second-order valence-electron chi connectivity index (χ2n) is 8.70. The summed E-state index contributed by atoms with van der Waals surface area (Å²) in [4.78, 5) is 52.9. The van der Waals surface area contributed by atoms with Gasteiger partial charge in [-0.3, -0.25) is 14.4 Å². The van der Waals surface area contributed by atoms with Gasteiger partial charge in [0, 0.05) is 29.3 Å². The number of amides is 3. The molecule has 2 aromatic rings. The fraction of sp³-hybridized carbons (Fsp3) is 0.478. The molecule has 35 heavy (non-hydrogen) atoms. The van der Waals surface area contributed by atoms with Crippen molar-refractivity contribution in [2.24, 2.45) is 11.7 Å². The lowest BCUT2D eigenvalue weighted by atomic mass is 10.0. The summed E-state index contributed by atoms with van der Waals surface area (Å²) < 4.78 is 0. The van der Waals surface area contributed by atoms with E-state index in [4.69, 9.17) is 5.73 Å². The van der Waals surface area contributed by atoms with Crippen LogP contribution in [0.25, 0.3) is 10.9 Å². The monoisotopic (exact) mass is 507 g/mol. The molecule has 0 bridgehead atoms. The molecule has 11 nitrogen and oxygen atoms in total. The number of H-pyrrole nitrogens is 1. The molecule has 192 valence electrons. The molecule has 12 heteroatoms. The average Bonchev–Trinajstić information content (AvgIpc) is 3.21. The highest BCUT2D eigenvalue weighted by atomic mass is 32.1. The van der Waals surface area contributed by atoms with E-state index < -0.39 is 59.9 Å². The average molecular weight is 508 g/mol. The highest BCUT2D eigenvalue weighted by Crippen LogP contribution is 2.19. The Morgan fingerprint density at radius 1 is 1.00 bits per heavy atom. The third-order valence-corrected chi connectivity index (χ3v) is 5.96. The van der Waals surface area contributed by atoms with E-state index in [9.17, 15) is 29.4 Å². The minimum Gasteiger partial charge on any atom is -0.480 e. The SMILES string of the molecule is CC(C)C(NC(=O)C(CS)NC(=O)C(N)C(C)O)C(=O)NC(Cc1c[nH]c2ccccc12)C(=O)O. The zero-order chi connectivity index (χ0) is 26.3. The number of aliphatic hydroxyl groups is 1. The predicted molar refractivity (Wildman–Crippen MR) is 134 cm³/mol. The zero-order valence-electron chi connectivity index (χ0n) is 19.8. The number of carboxylic acid groups (broad SMARTS) is 1. The van der Waals surface area contributed by atoms with E-state index in [1.54, 1.807) is 20.0 Å². The molecule has 0 saturated heterocycles. The van der Waals surface area contributed by atoms with Crippen LogP contribution in [0.1, 0.15) is 26.3 Å². The first-order valence-electron chi connectivity index (χ1n) is 11.2. The van der Waals surface area contributed by atoms with Gasteiger partial charge < -0.3 is 36.9 Å². The van der Waals surface area contributed by atoms with Gasteiger partial charge in [-0.1, -0.05) is 32.0 Å². The second kappa shape index (κ2) is 12.6. The van der Waals surface area contributed by atoms with E-state index in [1.165, 1.54) is 6.92 Å². The molecular formula is C23H33N5O6S. The van der Waals surface area contributed by atoms with Crippen molar-refractivity contribution in [2.75, 3.05) is 5.75 Å². The zero-order valence-corrected chi connectivity index (χ0v) is 20.7. The number of fused-ring (bicyclic) bond motifs is 1. The molecule has 5 atom stereocenters. The molecular weight excluding hydrogens is 474 g/mol. The minimum absolute atomic E-state index is 0.0381. The Bertz CT molecular complexity index is 1060. The molecule has 0 aliphatic heterocycles. The maximum Gasteiger partial charge on any atom is 0.326 e. The molecule has 0 aliphatic carbocycles. The van der Waals surface area contributed by atoms with E-state index in [0.29, 0.717) is 0 Å². The quantitative estimate of drug-likeness (QED) is 0.179. The van der Waals surface area contributed by atoms with Gasteiger partial charge in [0.15, 0.2) is 0 Å². The van der Waals surface area contributed by atoms with Crippen molar-refractivity contribution in [1.82, 2.24) is 20.9 Å². The number of nitrogens with two attached hydrogens (primary N) is 1. The second-order valence-corrected chi connectivity index (χ2v) is 9.07. The fourth-order valence-electron chi connectivity index (χ4n) is 3.45. The Kier molecular flexibility index (Phi) is 10.1. The van der Waals surface area contributed by atoms with Crippen molar-refractivity contribution in [3.8, 4) is 0 Å². The van der Waals surface area contributed by atoms with Gasteiger partial charge in [0.2, 0.25) is 17.7 Å². The van der Waals surface area contributed by atoms with Gasteiger partial charge in [-0.25, -0.2) is 4.79 Å². The summed E-state index contributed by atoms with van der Waals surface area (Å²) in [7, 11) is 0. The number of thiol groups is 1. The first-order chi connectivity index (χ1) is 16.5. The molecule has 0 saturated carbocycles. The summed E-state index contributed by atoms with van der Waals surface area (Å²) in [5.74, 6) is -3.81. The van der Waals surface area contributed by atoms with Crippen molar-refractivity contribution in [3.05, 3.63) is 36.0 Å². The molecule has 1 heterocycles. The molecule has 3 amide bonds. The summed E-state index contributed by atoms with van der Waals surface area (Å²) >= 11 is 4.08. The van der Waals surface area contributed by atoms with Crippen LogP contribution in [0.15, 0.2) is 30.5 Å². The van der Waals surface area contributed by atoms with Crippen LogP contribution in [0.5, 0.6) is 0 Å². The van der Waals surface area contributed by atoms with Crippen LogP contribution in [-0.4, -0.2) is 74.9 Å². The number of benzene rings is 1. The van der Waals surface area contributed by atoms with Gasteiger partial charge in [0.1, 0.15) is 24.2 Å². The number of hydrogen-bond acceptors (Lipinski definition) is 7. The summed E-state index contributed by atoms with van der Waals surface area (Å²) in [6.45, 7) is 4.73. The van der Waals surface area contributed by atoms with Crippen LogP contribution in [0.2, 0.25) is 0 Å². The predicted octanol–water partition coefficient (Wildman–Crippen LogP) is -0.457. The van der Waals surface area contributed by atoms with Gasteiger partial charge in [-0.2, -0.15) is 12.6 Å². The van der Waals surface area contributed by atoms with E-state index in [1.807, 2.05) is 24.3 Å². The van der Waals surface area contributed by atoms with Crippen molar-refractivity contribution >= 4 is 47.2 Å². The molecule has 2 rings (SSSR count). The van der Waals surface area contributed by atoms with Crippen LogP contribution in [-0.2, 0) is 25.6 Å². The van der Waals surface area contributed by atoms with E-state index in [0.717, 1.165) is 16.5 Å². The lowest BCUT2D eigenvalue weighted by Crippen LogP contribution is -2.59. The normalized spacial score (nSPS) is 15.6. The smallest absolute Gasteiger partial charge is 0.326 e. The maximum atomic E-state index is 13.0. The number of carbonyl (C=O) groups excluding carboxylic acids is 3. The van der Waals surface area contributed by atoms with Crippen LogP contribution in [0.4, 0.5) is 0 Å². The number of aliphatic hydroxyl groups excluding tert-OH is 1. The highest BCUT2D eigenvalue weighted by Gasteiger charge is 2.32. The Balaban J connectivity index is 2.11. The van der Waals surface area contributed by atoms with Crippen molar-refractivity contribution in [2.45, 2.75) is 57.5 Å². The van der Waals surface area contributed by atoms with Crippen LogP contribution in [0.3, 0.4) is 0 Å². The number of para-hydroxylation sites is 1. The first kappa shape index (κ1) is 28.1. The molecule has 0 aliphatic rings. The third-order valence-electron chi connectivity index (χ3n) is 5.60. The fourth-order valence-corrected chi connectivity index (χ4v) is 3.71. The minimum atomic E-state index is -1.24. The van der Waals surface area contributed by atoms with Crippen LogP contribution < -0.4 is 21.7 Å². The van der Waals surface area contributed by atoms with Gasteiger partial charge in [-0.15, -0.1) is 0 Å². The Morgan fingerprint density at radius 3 is 2.20 bits per heavy atom. The summed E-state index contributed by atoms with van der Waals surface area (Å²) in [5, 5.41) is 27.5. The van der Waals surface area contributed by atoms with Crippen molar-refractivity contribution in [3.63, 3.8) is 0 Å². The van der Waals surface area contributed by atoms with Crippen LogP contribution >= 0.6 is 12.6 Å². The van der Waals surface area contributed by atoms with E-state index in [-0.39, 0.29) is 12.2 Å². The highest BCUT2D eigenvalue weighted by molar-refractivity contribution is 7.80. The van der Waals surface area contributed by atoms with Gasteiger partial charge in [0.05, 0.1) is 6.10 Å². The van der Waals surface area contributed by atoms with E-state index in [2.05, 4.69) is 33.6 Å². The molecule has 1 aromatic heterocycles.